The molecule has 1 saturated carbocycles. The molecule has 1 heterocycles. The largest absolute Gasteiger partial charge is 0.494 e. The third kappa shape index (κ3) is 5.00. The Balaban J connectivity index is 1.30. The molecular formula is C28H36N2O2. The molecule has 0 N–H and O–H groups in total. The number of likely N-dealkylation sites (tertiary alicyclic amines) is 1. The highest BCUT2D eigenvalue weighted by Gasteiger charge is 2.48. The predicted molar refractivity (Wildman–Crippen MR) is 128 cm³/mol. The summed E-state index contributed by atoms with van der Waals surface area (Å²) >= 11 is 0. The van der Waals surface area contributed by atoms with E-state index in [4.69, 9.17) is 14.7 Å². The van der Waals surface area contributed by atoms with Crippen LogP contribution in [0.3, 0.4) is 0 Å². The molecule has 1 unspecified atom stereocenters. The summed E-state index contributed by atoms with van der Waals surface area (Å²) in [7, 11) is 1.94. The van der Waals surface area contributed by atoms with Gasteiger partial charge in [0, 0.05) is 13.7 Å². The summed E-state index contributed by atoms with van der Waals surface area (Å²) in [4.78, 5) is 2.58. The Morgan fingerprint density at radius 1 is 0.938 bits per heavy atom. The molecule has 170 valence electrons. The summed E-state index contributed by atoms with van der Waals surface area (Å²) in [5.41, 5.74) is 1.91. The first-order valence-electron chi connectivity index (χ1n) is 12.2. The highest BCUT2D eigenvalue weighted by atomic mass is 16.5. The molecule has 1 atom stereocenters. The molecule has 0 aromatic heterocycles. The minimum atomic E-state index is -0.136. The van der Waals surface area contributed by atoms with Crippen LogP contribution >= 0.6 is 0 Å². The molecule has 1 saturated heterocycles. The number of nitriles is 1. The second-order valence-electron chi connectivity index (χ2n) is 9.30. The molecule has 1 aliphatic carbocycles. The van der Waals surface area contributed by atoms with Crippen molar-refractivity contribution in [3.8, 4) is 11.8 Å². The van der Waals surface area contributed by atoms with E-state index >= 15 is 0 Å². The topological polar surface area (TPSA) is 45.5 Å². The van der Waals surface area contributed by atoms with Gasteiger partial charge in [-0.2, -0.15) is 5.26 Å². The van der Waals surface area contributed by atoms with Gasteiger partial charge >= 0.3 is 0 Å². The minimum Gasteiger partial charge on any atom is -0.494 e. The van der Waals surface area contributed by atoms with Crippen LogP contribution < -0.4 is 4.74 Å². The first kappa shape index (κ1) is 22.8. The zero-order chi connectivity index (χ0) is 22.2. The average molecular weight is 433 g/mol. The van der Waals surface area contributed by atoms with Crippen LogP contribution in [-0.4, -0.2) is 38.3 Å². The summed E-state index contributed by atoms with van der Waals surface area (Å²) in [6.45, 7) is 4.04. The standard InChI is InChI=1S/C28H36N2O2/c1-31-28(25-10-5-6-11-25,24-8-3-2-4-9-24)26-16-19-30(20-17-26)18-7-21-32-27-14-12-23(22-29)13-15-27/h2-4,8-9,12-15,25-26H,5-7,10-11,16-21H2,1H3. The molecule has 0 amide bonds. The van der Waals surface area contributed by atoms with Crippen LogP contribution in [0.2, 0.25) is 0 Å². The molecule has 4 heteroatoms. The fourth-order valence-electron chi connectivity index (χ4n) is 6.00. The number of piperidine rings is 1. The van der Waals surface area contributed by atoms with E-state index in [9.17, 15) is 0 Å². The number of benzene rings is 2. The SMILES string of the molecule is COC(c1ccccc1)(C1CCCC1)C1CCN(CCCOc2ccc(C#N)cc2)CC1. The lowest BCUT2D eigenvalue weighted by Crippen LogP contribution is -2.48. The van der Waals surface area contributed by atoms with Gasteiger partial charge in [-0.05, 0) is 86.9 Å². The van der Waals surface area contributed by atoms with E-state index in [0.29, 0.717) is 24.0 Å². The van der Waals surface area contributed by atoms with Gasteiger partial charge in [0.05, 0.1) is 23.8 Å². The highest BCUT2D eigenvalue weighted by molar-refractivity contribution is 5.34. The molecule has 0 bridgehead atoms. The molecule has 0 radical (unpaired) electrons. The number of ether oxygens (including phenoxy) is 2. The lowest BCUT2D eigenvalue weighted by molar-refractivity contribution is -0.123. The minimum absolute atomic E-state index is 0.136. The van der Waals surface area contributed by atoms with Gasteiger partial charge in [-0.3, -0.25) is 0 Å². The van der Waals surface area contributed by atoms with Gasteiger partial charge in [-0.25, -0.2) is 0 Å². The third-order valence-corrected chi connectivity index (χ3v) is 7.59. The predicted octanol–water partition coefficient (Wildman–Crippen LogP) is 5.77. The fraction of sp³-hybridized carbons (Fsp3) is 0.536. The fourth-order valence-corrected chi connectivity index (χ4v) is 6.00. The van der Waals surface area contributed by atoms with Crippen molar-refractivity contribution in [2.75, 3.05) is 33.4 Å². The van der Waals surface area contributed by atoms with Crippen molar-refractivity contribution < 1.29 is 9.47 Å². The van der Waals surface area contributed by atoms with E-state index in [0.717, 1.165) is 31.8 Å². The van der Waals surface area contributed by atoms with E-state index in [1.54, 1.807) is 12.1 Å². The van der Waals surface area contributed by atoms with Crippen molar-refractivity contribution in [1.82, 2.24) is 4.90 Å². The van der Waals surface area contributed by atoms with Crippen molar-refractivity contribution in [2.24, 2.45) is 11.8 Å². The first-order valence-corrected chi connectivity index (χ1v) is 12.2. The van der Waals surface area contributed by atoms with Crippen LogP contribution in [0.25, 0.3) is 0 Å². The number of rotatable bonds is 9. The summed E-state index contributed by atoms with van der Waals surface area (Å²) in [6.07, 6.45) is 8.64. The van der Waals surface area contributed by atoms with E-state index in [2.05, 4.69) is 41.3 Å². The maximum atomic E-state index is 8.89. The molecule has 2 fully saturated rings. The van der Waals surface area contributed by atoms with Gasteiger partial charge in [0.15, 0.2) is 0 Å². The Hall–Kier alpha value is -2.35. The van der Waals surface area contributed by atoms with Crippen molar-refractivity contribution in [3.05, 3.63) is 65.7 Å². The number of hydrogen-bond acceptors (Lipinski definition) is 4. The van der Waals surface area contributed by atoms with Crippen LogP contribution in [0, 0.1) is 23.2 Å². The first-order chi connectivity index (χ1) is 15.8. The summed E-state index contributed by atoms with van der Waals surface area (Å²) < 4.78 is 12.3. The van der Waals surface area contributed by atoms with Crippen molar-refractivity contribution >= 4 is 0 Å². The Morgan fingerprint density at radius 2 is 1.59 bits per heavy atom. The Morgan fingerprint density at radius 3 is 2.22 bits per heavy atom. The van der Waals surface area contributed by atoms with Crippen molar-refractivity contribution in [2.45, 2.75) is 50.5 Å². The molecule has 0 spiro atoms. The Bertz CT molecular complexity index is 863. The third-order valence-electron chi connectivity index (χ3n) is 7.59. The van der Waals surface area contributed by atoms with Crippen LogP contribution in [0.5, 0.6) is 5.75 Å². The molecular weight excluding hydrogens is 396 g/mol. The van der Waals surface area contributed by atoms with Gasteiger partial charge in [0.2, 0.25) is 0 Å². The van der Waals surface area contributed by atoms with Crippen LogP contribution in [0.15, 0.2) is 54.6 Å². The molecule has 2 aromatic carbocycles. The van der Waals surface area contributed by atoms with Crippen LogP contribution in [-0.2, 0) is 10.3 Å². The monoisotopic (exact) mass is 432 g/mol. The van der Waals surface area contributed by atoms with Gasteiger partial charge in [-0.1, -0.05) is 43.2 Å². The van der Waals surface area contributed by atoms with E-state index in [1.165, 1.54) is 44.1 Å². The molecule has 4 rings (SSSR count). The van der Waals surface area contributed by atoms with Gasteiger partial charge in [0.1, 0.15) is 5.75 Å². The Labute approximate surface area is 193 Å². The lowest BCUT2D eigenvalue weighted by Gasteiger charge is -2.48. The zero-order valence-corrected chi connectivity index (χ0v) is 19.3. The summed E-state index contributed by atoms with van der Waals surface area (Å²) in [5, 5.41) is 8.89. The van der Waals surface area contributed by atoms with Gasteiger partial charge in [0.25, 0.3) is 0 Å². The highest BCUT2D eigenvalue weighted by Crippen LogP contribution is 2.50. The molecule has 1 aliphatic heterocycles. The normalized spacial score (nSPS) is 20.0. The average Bonchev–Trinajstić information content (AvgIpc) is 3.40. The summed E-state index contributed by atoms with van der Waals surface area (Å²) in [5.74, 6) is 2.04. The van der Waals surface area contributed by atoms with Crippen molar-refractivity contribution in [3.63, 3.8) is 0 Å². The van der Waals surface area contributed by atoms with Gasteiger partial charge in [-0.15, -0.1) is 0 Å². The number of methoxy groups -OCH3 is 1. The molecule has 32 heavy (non-hydrogen) atoms. The van der Waals surface area contributed by atoms with Crippen LogP contribution in [0.4, 0.5) is 0 Å². The smallest absolute Gasteiger partial charge is 0.119 e. The summed E-state index contributed by atoms with van der Waals surface area (Å²) in [6, 6.07) is 20.5. The Kier molecular flexibility index (Phi) is 7.84. The van der Waals surface area contributed by atoms with E-state index in [1.807, 2.05) is 19.2 Å². The molecule has 4 nitrogen and oxygen atoms in total. The van der Waals surface area contributed by atoms with Crippen LogP contribution in [0.1, 0.15) is 56.1 Å². The quantitative estimate of drug-likeness (QED) is 0.472. The second-order valence-corrected chi connectivity index (χ2v) is 9.30. The van der Waals surface area contributed by atoms with E-state index < -0.39 is 0 Å². The molecule has 2 aromatic rings. The number of nitrogens with zero attached hydrogens (tertiary/aromatic N) is 2. The maximum Gasteiger partial charge on any atom is 0.119 e. The zero-order valence-electron chi connectivity index (χ0n) is 19.3. The lowest BCUT2D eigenvalue weighted by atomic mass is 9.68. The number of hydrogen-bond donors (Lipinski definition) is 0. The van der Waals surface area contributed by atoms with Gasteiger partial charge < -0.3 is 14.4 Å². The maximum absolute atomic E-state index is 8.89. The second kappa shape index (κ2) is 11.0. The van der Waals surface area contributed by atoms with E-state index in [-0.39, 0.29) is 5.60 Å². The molecule has 2 aliphatic rings. The van der Waals surface area contributed by atoms with Crippen molar-refractivity contribution in [1.29, 1.82) is 5.26 Å².